The van der Waals surface area contributed by atoms with Gasteiger partial charge in [0.15, 0.2) is 0 Å². The van der Waals surface area contributed by atoms with E-state index in [4.69, 9.17) is 0 Å². The van der Waals surface area contributed by atoms with Gasteiger partial charge in [0.05, 0.1) is 0 Å². The van der Waals surface area contributed by atoms with E-state index in [2.05, 4.69) is 80.0 Å². The molecule has 0 aliphatic rings. The normalized spacial score (nSPS) is 12.7. The summed E-state index contributed by atoms with van der Waals surface area (Å²) in [5, 5.41) is 6.07. The molecule has 0 rings (SSSR count). The van der Waals surface area contributed by atoms with Crippen molar-refractivity contribution in [3.05, 3.63) is 48.6 Å². The van der Waals surface area contributed by atoms with Gasteiger partial charge in [0.2, 0.25) is 11.8 Å². The first-order chi connectivity index (χ1) is 22.2. The molecule has 0 bridgehead atoms. The third-order valence-electron chi connectivity index (χ3n) is 8.26. The van der Waals surface area contributed by atoms with Crippen molar-refractivity contribution in [3.8, 4) is 0 Å². The number of hydrogen-bond donors (Lipinski definition) is 2. The molecule has 0 heterocycles. The highest BCUT2D eigenvalue weighted by Crippen LogP contribution is 2.10. The number of allylic oxidation sites excluding steroid dienone is 8. The van der Waals surface area contributed by atoms with Gasteiger partial charge in [0, 0.05) is 13.0 Å². The smallest absolute Gasteiger partial charge is 0.242 e. The van der Waals surface area contributed by atoms with Gasteiger partial charge in [-0.2, -0.15) is 0 Å². The lowest BCUT2D eigenvalue weighted by Gasteiger charge is -2.18. The summed E-state index contributed by atoms with van der Waals surface area (Å²) in [6, 6.07) is -0.398. The van der Waals surface area contributed by atoms with Crippen molar-refractivity contribution < 1.29 is 9.59 Å². The quantitative estimate of drug-likeness (QED) is 0.0562. The Hall–Kier alpha value is -2.10. The highest BCUT2D eigenvalue weighted by molar-refractivity contribution is 5.87. The first-order valence-electron chi connectivity index (χ1n) is 19.3. The standard InChI is InChI=1S/C41H74N2O2/c1-4-7-9-11-13-15-17-19-21-23-25-27-29-31-33-35-38-42-41(45)39(36-6-3)43-40(44)37-34-32-30-28-26-24-22-20-18-16-14-12-10-8-5-2/h13-16,19-22,39H,4-12,17-18,23-38H2,1-3H3,(H,42,45)(H,43,44)/b15-13-,16-14-,21-19-,22-20-. The maximum atomic E-state index is 12.7. The highest BCUT2D eigenvalue weighted by atomic mass is 16.2. The molecule has 4 heteroatoms. The van der Waals surface area contributed by atoms with E-state index in [1.165, 1.54) is 103 Å². The molecule has 2 N–H and O–H groups in total. The Morgan fingerprint density at radius 1 is 0.489 bits per heavy atom. The molecule has 0 aromatic carbocycles. The van der Waals surface area contributed by atoms with Crippen molar-refractivity contribution in [1.82, 2.24) is 10.6 Å². The van der Waals surface area contributed by atoms with Crippen LogP contribution in [0.4, 0.5) is 0 Å². The Balaban J connectivity index is 3.75. The van der Waals surface area contributed by atoms with Crippen molar-refractivity contribution in [2.24, 2.45) is 0 Å². The zero-order valence-electron chi connectivity index (χ0n) is 30.1. The first-order valence-corrected chi connectivity index (χ1v) is 19.3. The van der Waals surface area contributed by atoms with E-state index in [1.54, 1.807) is 0 Å². The molecular formula is C41H74N2O2. The van der Waals surface area contributed by atoms with Crippen LogP contribution < -0.4 is 10.6 Å². The average molecular weight is 627 g/mol. The summed E-state index contributed by atoms with van der Waals surface area (Å²) >= 11 is 0. The van der Waals surface area contributed by atoms with Crippen molar-refractivity contribution in [2.75, 3.05) is 6.54 Å². The fourth-order valence-corrected chi connectivity index (χ4v) is 5.37. The molecule has 0 spiro atoms. The number of amides is 2. The monoisotopic (exact) mass is 627 g/mol. The third-order valence-corrected chi connectivity index (χ3v) is 8.26. The fourth-order valence-electron chi connectivity index (χ4n) is 5.37. The molecule has 0 aromatic heterocycles. The second kappa shape index (κ2) is 36.4. The largest absolute Gasteiger partial charge is 0.354 e. The number of rotatable bonds is 33. The summed E-state index contributed by atoms with van der Waals surface area (Å²) in [4.78, 5) is 25.2. The molecule has 0 radical (unpaired) electrons. The minimum Gasteiger partial charge on any atom is -0.354 e. The summed E-state index contributed by atoms with van der Waals surface area (Å²) in [5.41, 5.74) is 0. The van der Waals surface area contributed by atoms with Crippen molar-refractivity contribution in [2.45, 2.75) is 194 Å². The zero-order valence-corrected chi connectivity index (χ0v) is 30.1. The molecule has 45 heavy (non-hydrogen) atoms. The van der Waals surface area contributed by atoms with E-state index in [0.717, 1.165) is 51.4 Å². The summed E-state index contributed by atoms with van der Waals surface area (Å²) in [6.45, 7) is 7.26. The Morgan fingerprint density at radius 2 is 0.911 bits per heavy atom. The summed E-state index contributed by atoms with van der Waals surface area (Å²) in [7, 11) is 0. The second-order valence-electron chi connectivity index (χ2n) is 12.8. The zero-order chi connectivity index (χ0) is 32.9. The SMILES string of the molecule is CCCCC/C=C\C/C=C\CCCCCCCCNC(=O)C(CCC)NC(=O)CCCCCCC/C=C\C/C=C\CCCCC. The summed E-state index contributed by atoms with van der Waals surface area (Å²) in [5.74, 6) is -0.00386. The molecule has 1 atom stereocenters. The number of unbranched alkanes of at least 4 members (excludes halogenated alkanes) is 17. The molecule has 0 aromatic rings. The van der Waals surface area contributed by atoms with E-state index in [0.29, 0.717) is 19.4 Å². The Morgan fingerprint density at radius 3 is 1.38 bits per heavy atom. The summed E-state index contributed by atoms with van der Waals surface area (Å²) in [6.07, 6.45) is 48.1. The number of carbonyl (C=O) groups excluding carboxylic acids is 2. The van der Waals surface area contributed by atoms with Crippen LogP contribution >= 0.6 is 0 Å². The van der Waals surface area contributed by atoms with Gasteiger partial charge >= 0.3 is 0 Å². The lowest BCUT2D eigenvalue weighted by atomic mass is 10.1. The minimum absolute atomic E-state index is 0.0167. The molecule has 0 aliphatic heterocycles. The van der Waals surface area contributed by atoms with Crippen LogP contribution in [-0.2, 0) is 9.59 Å². The Kier molecular flexibility index (Phi) is 34.7. The maximum absolute atomic E-state index is 12.7. The molecular weight excluding hydrogens is 552 g/mol. The average Bonchev–Trinajstić information content (AvgIpc) is 3.04. The molecule has 260 valence electrons. The van der Waals surface area contributed by atoms with Gasteiger partial charge in [-0.15, -0.1) is 0 Å². The van der Waals surface area contributed by atoms with Gasteiger partial charge in [0.25, 0.3) is 0 Å². The van der Waals surface area contributed by atoms with E-state index in [-0.39, 0.29) is 11.8 Å². The van der Waals surface area contributed by atoms with Crippen LogP contribution in [0.3, 0.4) is 0 Å². The molecule has 4 nitrogen and oxygen atoms in total. The molecule has 0 aliphatic carbocycles. The van der Waals surface area contributed by atoms with Gasteiger partial charge in [0.1, 0.15) is 6.04 Å². The van der Waals surface area contributed by atoms with Crippen LogP contribution in [0.2, 0.25) is 0 Å². The van der Waals surface area contributed by atoms with Gasteiger partial charge < -0.3 is 10.6 Å². The maximum Gasteiger partial charge on any atom is 0.242 e. The topological polar surface area (TPSA) is 58.2 Å². The van der Waals surface area contributed by atoms with E-state index >= 15 is 0 Å². The van der Waals surface area contributed by atoms with Crippen LogP contribution in [-0.4, -0.2) is 24.4 Å². The first kappa shape index (κ1) is 42.9. The molecule has 0 saturated heterocycles. The van der Waals surface area contributed by atoms with Crippen LogP contribution in [0.5, 0.6) is 0 Å². The Labute approximate surface area is 280 Å². The van der Waals surface area contributed by atoms with Gasteiger partial charge in [-0.25, -0.2) is 0 Å². The van der Waals surface area contributed by atoms with Gasteiger partial charge in [-0.1, -0.05) is 146 Å². The Bertz CT molecular complexity index is 767. The molecule has 2 amide bonds. The minimum atomic E-state index is -0.398. The highest BCUT2D eigenvalue weighted by Gasteiger charge is 2.19. The molecule has 0 fully saturated rings. The predicted octanol–water partition coefficient (Wildman–Crippen LogP) is 12.0. The predicted molar refractivity (Wildman–Crippen MR) is 199 cm³/mol. The number of nitrogens with one attached hydrogen (secondary N) is 2. The molecule has 1 unspecified atom stereocenters. The van der Waals surface area contributed by atoms with Crippen LogP contribution in [0.15, 0.2) is 48.6 Å². The van der Waals surface area contributed by atoms with Gasteiger partial charge in [-0.05, 0) is 83.5 Å². The number of carbonyl (C=O) groups is 2. The van der Waals surface area contributed by atoms with E-state index in [9.17, 15) is 9.59 Å². The van der Waals surface area contributed by atoms with Crippen molar-refractivity contribution in [1.29, 1.82) is 0 Å². The molecule has 0 saturated carbocycles. The van der Waals surface area contributed by atoms with Crippen LogP contribution in [0.25, 0.3) is 0 Å². The van der Waals surface area contributed by atoms with Crippen LogP contribution in [0, 0.1) is 0 Å². The fraction of sp³-hybridized carbons (Fsp3) is 0.756. The lowest BCUT2D eigenvalue weighted by Crippen LogP contribution is -2.46. The van der Waals surface area contributed by atoms with Gasteiger partial charge in [-0.3, -0.25) is 9.59 Å². The van der Waals surface area contributed by atoms with Crippen LogP contribution in [0.1, 0.15) is 188 Å². The number of hydrogen-bond acceptors (Lipinski definition) is 2. The van der Waals surface area contributed by atoms with E-state index < -0.39 is 6.04 Å². The van der Waals surface area contributed by atoms with E-state index in [1.807, 2.05) is 0 Å². The van der Waals surface area contributed by atoms with Crippen molar-refractivity contribution >= 4 is 11.8 Å². The lowest BCUT2D eigenvalue weighted by molar-refractivity contribution is -0.129. The third kappa shape index (κ3) is 33.1. The van der Waals surface area contributed by atoms with Crippen molar-refractivity contribution in [3.63, 3.8) is 0 Å². The summed E-state index contributed by atoms with van der Waals surface area (Å²) < 4.78 is 0. The second-order valence-corrected chi connectivity index (χ2v) is 12.8.